The quantitative estimate of drug-likeness (QED) is 0.872. The van der Waals surface area contributed by atoms with E-state index in [1.165, 1.54) is 44.2 Å². The number of hydrogen-bond donors (Lipinski definition) is 1. The first kappa shape index (κ1) is 13.6. The minimum absolute atomic E-state index is 0.504. The number of rotatable bonds is 5. The van der Waals surface area contributed by atoms with Gasteiger partial charge in [-0.2, -0.15) is 0 Å². The molecule has 1 atom stereocenters. The molecular weight excluding hydrogens is 224 g/mol. The molecule has 2 rings (SSSR count). The van der Waals surface area contributed by atoms with Crippen LogP contribution in [0.5, 0.6) is 0 Å². The van der Waals surface area contributed by atoms with Crippen LogP contribution in [0.3, 0.4) is 0 Å². The molecule has 3 nitrogen and oxygen atoms in total. The largest absolute Gasteiger partial charge is 0.463 e. The van der Waals surface area contributed by atoms with Gasteiger partial charge in [0.2, 0.25) is 0 Å². The Morgan fingerprint density at radius 3 is 2.94 bits per heavy atom. The molecule has 1 fully saturated rings. The molecule has 1 aromatic heterocycles. The lowest BCUT2D eigenvalue weighted by Crippen LogP contribution is -2.38. The molecule has 1 aliphatic rings. The van der Waals surface area contributed by atoms with Gasteiger partial charge in [-0.1, -0.05) is 19.8 Å². The summed E-state index contributed by atoms with van der Waals surface area (Å²) >= 11 is 0. The third-order valence-electron chi connectivity index (χ3n) is 3.99. The van der Waals surface area contributed by atoms with E-state index in [4.69, 9.17) is 10.2 Å². The summed E-state index contributed by atoms with van der Waals surface area (Å²) in [5.74, 6) is 2.02. The van der Waals surface area contributed by atoms with Crippen LogP contribution >= 0.6 is 0 Å². The van der Waals surface area contributed by atoms with Gasteiger partial charge in [0.25, 0.3) is 0 Å². The smallest absolute Gasteiger partial charge is 0.120 e. The lowest BCUT2D eigenvalue weighted by Gasteiger charge is -2.35. The Labute approximate surface area is 110 Å². The average molecular weight is 250 g/mol. The van der Waals surface area contributed by atoms with Crippen LogP contribution in [0.15, 0.2) is 10.5 Å². The Bertz CT molecular complexity index is 371. The Hall–Kier alpha value is -0.800. The predicted octanol–water partition coefficient (Wildman–Crippen LogP) is 3.20. The van der Waals surface area contributed by atoms with Crippen molar-refractivity contribution in [3.05, 3.63) is 23.2 Å². The zero-order chi connectivity index (χ0) is 13.0. The van der Waals surface area contributed by atoms with E-state index in [1.807, 2.05) is 0 Å². The molecule has 0 saturated carbocycles. The van der Waals surface area contributed by atoms with Crippen LogP contribution in [0, 0.1) is 6.92 Å². The van der Waals surface area contributed by atoms with E-state index >= 15 is 0 Å². The van der Waals surface area contributed by atoms with Gasteiger partial charge in [-0.05, 0) is 44.4 Å². The summed E-state index contributed by atoms with van der Waals surface area (Å²) in [6.07, 6.45) is 6.63. The highest BCUT2D eigenvalue weighted by Gasteiger charge is 2.22. The molecule has 1 aliphatic heterocycles. The molecule has 0 aromatic carbocycles. The van der Waals surface area contributed by atoms with Crippen LogP contribution in [0.25, 0.3) is 0 Å². The van der Waals surface area contributed by atoms with Crippen molar-refractivity contribution in [3.8, 4) is 0 Å². The molecule has 0 radical (unpaired) electrons. The van der Waals surface area contributed by atoms with Crippen molar-refractivity contribution in [2.24, 2.45) is 5.73 Å². The van der Waals surface area contributed by atoms with E-state index < -0.39 is 0 Å². The maximum absolute atomic E-state index is 5.83. The van der Waals surface area contributed by atoms with Gasteiger partial charge in [-0.3, -0.25) is 4.90 Å². The van der Waals surface area contributed by atoms with E-state index in [2.05, 4.69) is 24.8 Å². The van der Waals surface area contributed by atoms with Crippen LogP contribution in [-0.2, 0) is 13.1 Å². The lowest BCUT2D eigenvalue weighted by molar-refractivity contribution is 0.121. The number of nitrogens with two attached hydrogens (primary N) is 1. The van der Waals surface area contributed by atoms with Crippen molar-refractivity contribution >= 4 is 0 Å². The molecule has 0 amide bonds. The summed E-state index contributed by atoms with van der Waals surface area (Å²) in [5.41, 5.74) is 6.86. The molecular formula is C15H26N2O. The van der Waals surface area contributed by atoms with Crippen LogP contribution < -0.4 is 5.73 Å². The number of hydrogen-bond acceptors (Lipinski definition) is 3. The fraction of sp³-hybridized carbons (Fsp3) is 0.733. The van der Waals surface area contributed by atoms with Crippen LogP contribution in [0.4, 0.5) is 0 Å². The summed E-state index contributed by atoms with van der Waals surface area (Å²) in [5, 5.41) is 0. The monoisotopic (exact) mass is 250 g/mol. The van der Waals surface area contributed by atoms with E-state index in [1.54, 1.807) is 0 Å². The second-order valence-electron chi connectivity index (χ2n) is 5.43. The van der Waals surface area contributed by atoms with Gasteiger partial charge in [0.1, 0.15) is 11.5 Å². The van der Waals surface area contributed by atoms with E-state index in [0.717, 1.165) is 24.1 Å². The van der Waals surface area contributed by atoms with Crippen molar-refractivity contribution < 1.29 is 4.42 Å². The van der Waals surface area contributed by atoms with Crippen LogP contribution in [0.1, 0.15) is 56.1 Å². The van der Waals surface area contributed by atoms with Gasteiger partial charge in [0.05, 0.1) is 13.1 Å². The molecule has 0 spiro atoms. The zero-order valence-electron chi connectivity index (χ0n) is 11.7. The van der Waals surface area contributed by atoms with Crippen molar-refractivity contribution in [3.63, 3.8) is 0 Å². The molecule has 0 aliphatic carbocycles. The number of nitrogens with zero attached hydrogens (tertiary/aromatic N) is 1. The van der Waals surface area contributed by atoms with Gasteiger partial charge in [0, 0.05) is 6.04 Å². The van der Waals surface area contributed by atoms with Crippen molar-refractivity contribution in [2.75, 3.05) is 6.54 Å². The maximum Gasteiger partial charge on any atom is 0.120 e. The fourth-order valence-corrected chi connectivity index (χ4v) is 3.00. The molecule has 1 aromatic rings. The van der Waals surface area contributed by atoms with Crippen molar-refractivity contribution in [1.82, 2.24) is 4.90 Å². The zero-order valence-corrected chi connectivity index (χ0v) is 11.7. The molecule has 2 heterocycles. The SMILES string of the molecule is CCCC1CCCCN1Cc1cc(C)c(CN)o1. The topological polar surface area (TPSA) is 42.4 Å². The van der Waals surface area contributed by atoms with Gasteiger partial charge >= 0.3 is 0 Å². The third kappa shape index (κ3) is 3.15. The van der Waals surface area contributed by atoms with Crippen LogP contribution in [-0.4, -0.2) is 17.5 Å². The minimum Gasteiger partial charge on any atom is -0.463 e. The standard InChI is InChI=1S/C15H26N2O/c1-3-6-13-7-4-5-8-17(13)11-14-9-12(2)15(10-16)18-14/h9,13H,3-8,10-11,16H2,1-2H3. The Morgan fingerprint density at radius 2 is 2.28 bits per heavy atom. The summed E-state index contributed by atoms with van der Waals surface area (Å²) < 4.78 is 5.83. The van der Waals surface area contributed by atoms with E-state index in [-0.39, 0.29) is 0 Å². The normalized spacial score (nSPS) is 21.4. The molecule has 0 bridgehead atoms. The summed E-state index contributed by atoms with van der Waals surface area (Å²) in [6.45, 7) is 7.02. The molecule has 18 heavy (non-hydrogen) atoms. The molecule has 1 saturated heterocycles. The molecule has 3 heteroatoms. The van der Waals surface area contributed by atoms with Crippen LogP contribution in [0.2, 0.25) is 0 Å². The number of likely N-dealkylation sites (tertiary alicyclic amines) is 1. The molecule has 102 valence electrons. The first-order chi connectivity index (χ1) is 8.74. The highest BCUT2D eigenvalue weighted by Crippen LogP contribution is 2.24. The average Bonchev–Trinajstić information content (AvgIpc) is 2.72. The predicted molar refractivity (Wildman–Crippen MR) is 74.3 cm³/mol. The first-order valence-electron chi connectivity index (χ1n) is 7.27. The minimum atomic E-state index is 0.504. The highest BCUT2D eigenvalue weighted by molar-refractivity contribution is 5.19. The van der Waals surface area contributed by atoms with Gasteiger partial charge in [-0.25, -0.2) is 0 Å². The molecule has 2 N–H and O–H groups in total. The highest BCUT2D eigenvalue weighted by atomic mass is 16.3. The summed E-state index contributed by atoms with van der Waals surface area (Å²) in [7, 11) is 0. The van der Waals surface area contributed by atoms with Crippen molar-refractivity contribution in [1.29, 1.82) is 0 Å². The molecule has 1 unspecified atom stereocenters. The second-order valence-corrected chi connectivity index (χ2v) is 5.43. The number of piperidine rings is 1. The number of aryl methyl sites for hydroxylation is 1. The van der Waals surface area contributed by atoms with Gasteiger partial charge in [0.15, 0.2) is 0 Å². The van der Waals surface area contributed by atoms with E-state index in [0.29, 0.717) is 6.54 Å². The fourth-order valence-electron chi connectivity index (χ4n) is 3.00. The Balaban J connectivity index is 2.01. The Morgan fingerprint density at radius 1 is 1.44 bits per heavy atom. The summed E-state index contributed by atoms with van der Waals surface area (Å²) in [6, 6.07) is 2.90. The second kappa shape index (κ2) is 6.39. The van der Waals surface area contributed by atoms with E-state index in [9.17, 15) is 0 Å². The maximum atomic E-state index is 5.83. The van der Waals surface area contributed by atoms with Gasteiger partial charge in [-0.15, -0.1) is 0 Å². The summed E-state index contributed by atoms with van der Waals surface area (Å²) in [4.78, 5) is 2.59. The number of furan rings is 1. The van der Waals surface area contributed by atoms with Gasteiger partial charge < -0.3 is 10.2 Å². The first-order valence-corrected chi connectivity index (χ1v) is 7.27. The lowest BCUT2D eigenvalue weighted by atomic mass is 9.98. The van der Waals surface area contributed by atoms with Crippen molar-refractivity contribution in [2.45, 2.75) is 65.1 Å². The third-order valence-corrected chi connectivity index (χ3v) is 3.99. The Kier molecular flexibility index (Phi) is 4.84.